The molecule has 3 rings (SSSR count). The molecule has 1 aliphatic carbocycles. The normalized spacial score (nSPS) is 14.6. The van der Waals surface area contributed by atoms with Crippen molar-refractivity contribution in [3.63, 3.8) is 0 Å². The van der Waals surface area contributed by atoms with Crippen LogP contribution in [0.15, 0.2) is 36.1 Å². The van der Waals surface area contributed by atoms with Crippen LogP contribution in [0.4, 0.5) is 0 Å². The number of aryl methyl sites for hydroxylation is 1. The van der Waals surface area contributed by atoms with Gasteiger partial charge in [-0.2, -0.15) is 0 Å². The van der Waals surface area contributed by atoms with E-state index in [1.54, 1.807) is 12.1 Å². The molecule has 2 nitrogen and oxygen atoms in total. The number of aliphatic hydroxyl groups is 1. The molecule has 0 spiro atoms. The van der Waals surface area contributed by atoms with E-state index in [-0.39, 0.29) is 11.5 Å². The summed E-state index contributed by atoms with van der Waals surface area (Å²) in [5.41, 5.74) is 3.75. The zero-order valence-electron chi connectivity index (χ0n) is 13.0. The predicted molar refractivity (Wildman–Crippen MR) is 100 cm³/mol. The van der Waals surface area contributed by atoms with Crippen LogP contribution in [0, 0.1) is 0 Å². The Morgan fingerprint density at radius 2 is 1.67 bits per heavy atom. The summed E-state index contributed by atoms with van der Waals surface area (Å²) in [6.07, 6.45) is 1.51. The molecule has 24 heavy (non-hydrogen) atoms. The summed E-state index contributed by atoms with van der Waals surface area (Å²) in [5, 5.41) is 11.4. The van der Waals surface area contributed by atoms with Crippen molar-refractivity contribution >= 4 is 46.2 Å². The molecule has 0 radical (unpaired) electrons. The van der Waals surface area contributed by atoms with E-state index >= 15 is 0 Å². The van der Waals surface area contributed by atoms with Gasteiger partial charge in [0.05, 0.1) is 15.6 Å². The zero-order valence-corrected chi connectivity index (χ0v) is 15.3. The second-order valence-corrected chi connectivity index (χ2v) is 6.94. The fourth-order valence-electron chi connectivity index (χ4n) is 2.98. The highest BCUT2D eigenvalue weighted by atomic mass is 35.5. The second kappa shape index (κ2) is 6.79. The van der Waals surface area contributed by atoms with E-state index in [2.05, 4.69) is 0 Å². The summed E-state index contributed by atoms with van der Waals surface area (Å²) in [4.78, 5) is 12.2. The molecule has 0 aromatic heterocycles. The van der Waals surface area contributed by atoms with E-state index in [4.69, 9.17) is 34.8 Å². The van der Waals surface area contributed by atoms with Crippen LogP contribution >= 0.6 is 34.8 Å². The van der Waals surface area contributed by atoms with Gasteiger partial charge in [-0.05, 0) is 41.3 Å². The highest BCUT2D eigenvalue weighted by Gasteiger charge is 2.26. The Balaban J connectivity index is 2.20. The number of aliphatic hydroxyl groups excluding tert-OH is 1. The first-order chi connectivity index (χ1) is 11.4. The van der Waals surface area contributed by atoms with Gasteiger partial charge in [0, 0.05) is 23.4 Å². The Labute approximate surface area is 155 Å². The molecule has 0 heterocycles. The minimum atomic E-state index is -0.0282. The first-order valence-corrected chi connectivity index (χ1v) is 8.79. The Kier molecular flexibility index (Phi) is 4.91. The molecule has 2 aromatic carbocycles. The number of carbonyl (C=O) groups excluding carboxylic acids is 1. The lowest BCUT2D eigenvalue weighted by molar-refractivity contribution is -0.113. The highest BCUT2D eigenvalue weighted by molar-refractivity contribution is 6.44. The lowest BCUT2D eigenvalue weighted by atomic mass is 9.92. The molecular weight excluding hydrogens is 367 g/mol. The molecular formula is C19H15Cl3O2. The molecule has 5 heteroatoms. The van der Waals surface area contributed by atoms with Gasteiger partial charge in [-0.3, -0.25) is 4.79 Å². The minimum Gasteiger partial charge on any atom is -0.512 e. The smallest absolute Gasteiger partial charge is 0.167 e. The van der Waals surface area contributed by atoms with Gasteiger partial charge in [0.15, 0.2) is 5.78 Å². The van der Waals surface area contributed by atoms with Crippen LogP contribution in [-0.2, 0) is 11.2 Å². The summed E-state index contributed by atoms with van der Waals surface area (Å²) in [7, 11) is 0. The maximum Gasteiger partial charge on any atom is 0.167 e. The van der Waals surface area contributed by atoms with Crippen molar-refractivity contribution in [2.45, 2.75) is 26.2 Å². The van der Waals surface area contributed by atoms with Crippen LogP contribution in [0.2, 0.25) is 15.1 Å². The van der Waals surface area contributed by atoms with Gasteiger partial charge in [0.25, 0.3) is 0 Å². The Morgan fingerprint density at radius 3 is 2.29 bits per heavy atom. The van der Waals surface area contributed by atoms with E-state index < -0.39 is 0 Å². The fourth-order valence-corrected chi connectivity index (χ4v) is 3.63. The van der Waals surface area contributed by atoms with Crippen LogP contribution in [0.5, 0.6) is 0 Å². The summed E-state index contributed by atoms with van der Waals surface area (Å²) in [5.74, 6) is 0.131. The highest BCUT2D eigenvalue weighted by Crippen LogP contribution is 2.38. The van der Waals surface area contributed by atoms with Crippen LogP contribution in [-0.4, -0.2) is 10.9 Å². The zero-order chi connectivity index (χ0) is 17.4. The molecule has 2 aromatic rings. The van der Waals surface area contributed by atoms with Gasteiger partial charge in [-0.1, -0.05) is 53.9 Å². The topological polar surface area (TPSA) is 37.3 Å². The molecule has 0 amide bonds. The van der Waals surface area contributed by atoms with Crippen molar-refractivity contribution in [2.24, 2.45) is 0 Å². The average Bonchev–Trinajstić information content (AvgIpc) is 2.89. The van der Waals surface area contributed by atoms with Crippen molar-refractivity contribution < 1.29 is 9.90 Å². The molecule has 124 valence electrons. The molecule has 0 fully saturated rings. The maximum absolute atomic E-state index is 12.2. The van der Waals surface area contributed by atoms with Gasteiger partial charge in [0.2, 0.25) is 0 Å². The molecule has 0 unspecified atom stereocenters. The number of halogens is 3. The van der Waals surface area contributed by atoms with Gasteiger partial charge in [-0.25, -0.2) is 0 Å². The number of hydrogen-bond acceptors (Lipinski definition) is 2. The Morgan fingerprint density at radius 1 is 0.958 bits per heavy atom. The van der Waals surface area contributed by atoms with Crippen LogP contribution in [0.25, 0.3) is 16.7 Å². The number of Topliss-reactive ketones (excluding diaryl/α,β-unsaturated/α-hetero) is 1. The van der Waals surface area contributed by atoms with Gasteiger partial charge >= 0.3 is 0 Å². The van der Waals surface area contributed by atoms with Crippen LogP contribution in [0.3, 0.4) is 0 Å². The van der Waals surface area contributed by atoms with E-state index in [0.717, 1.165) is 28.7 Å². The number of ketones is 1. The number of rotatable bonds is 3. The Bertz CT molecular complexity index is 869. The first kappa shape index (κ1) is 17.3. The number of benzene rings is 2. The third kappa shape index (κ3) is 3.06. The van der Waals surface area contributed by atoms with Gasteiger partial charge < -0.3 is 5.11 Å². The monoisotopic (exact) mass is 380 g/mol. The molecule has 1 aliphatic rings. The quantitative estimate of drug-likeness (QED) is 0.615. The first-order valence-electron chi connectivity index (χ1n) is 7.66. The standard InChI is InChI=1S/C19H15Cl3O2/c1-2-10-3-4-11(12-8-15(21)16(22)9-14(12)20)7-13(10)19-17(23)5-6-18(19)24/h3-4,7-9,23H,2,5-6H2,1H3. The van der Waals surface area contributed by atoms with Crippen molar-refractivity contribution in [3.8, 4) is 11.1 Å². The lowest BCUT2D eigenvalue weighted by Gasteiger charge is -2.13. The summed E-state index contributed by atoms with van der Waals surface area (Å²) >= 11 is 18.4. The Hall–Kier alpha value is -1.48. The number of carbonyl (C=O) groups is 1. The molecule has 0 saturated heterocycles. The van der Waals surface area contributed by atoms with E-state index in [1.165, 1.54) is 0 Å². The molecule has 0 bridgehead atoms. The van der Waals surface area contributed by atoms with Crippen LogP contribution < -0.4 is 0 Å². The number of hydrogen-bond donors (Lipinski definition) is 1. The molecule has 0 atom stereocenters. The van der Waals surface area contributed by atoms with E-state index in [1.807, 2.05) is 25.1 Å². The molecule has 0 aliphatic heterocycles. The van der Waals surface area contributed by atoms with Crippen molar-refractivity contribution in [1.82, 2.24) is 0 Å². The van der Waals surface area contributed by atoms with Crippen molar-refractivity contribution in [1.29, 1.82) is 0 Å². The van der Waals surface area contributed by atoms with E-state index in [0.29, 0.717) is 33.5 Å². The van der Waals surface area contributed by atoms with Crippen molar-refractivity contribution in [2.75, 3.05) is 0 Å². The fraction of sp³-hybridized carbons (Fsp3) is 0.211. The van der Waals surface area contributed by atoms with Gasteiger partial charge in [-0.15, -0.1) is 0 Å². The van der Waals surface area contributed by atoms with Crippen LogP contribution in [0.1, 0.15) is 30.9 Å². The largest absolute Gasteiger partial charge is 0.512 e. The van der Waals surface area contributed by atoms with Gasteiger partial charge in [0.1, 0.15) is 5.76 Å². The SMILES string of the molecule is CCc1ccc(-c2cc(Cl)c(Cl)cc2Cl)cc1C1=C(O)CCC1=O. The lowest BCUT2D eigenvalue weighted by Crippen LogP contribution is -2.01. The second-order valence-electron chi connectivity index (χ2n) is 5.72. The average molecular weight is 382 g/mol. The summed E-state index contributed by atoms with van der Waals surface area (Å²) in [6.45, 7) is 2.02. The maximum atomic E-state index is 12.2. The van der Waals surface area contributed by atoms with Crippen molar-refractivity contribution in [3.05, 3.63) is 62.3 Å². The third-order valence-corrected chi connectivity index (χ3v) is 5.27. The predicted octanol–water partition coefficient (Wildman–Crippen LogP) is 6.51. The third-order valence-electron chi connectivity index (χ3n) is 4.24. The minimum absolute atomic E-state index is 0.0282. The molecule has 1 N–H and O–H groups in total. The van der Waals surface area contributed by atoms with E-state index in [9.17, 15) is 9.90 Å². The summed E-state index contributed by atoms with van der Waals surface area (Å²) < 4.78 is 0. The number of allylic oxidation sites excluding steroid dienone is 2. The molecule has 0 saturated carbocycles. The summed E-state index contributed by atoms with van der Waals surface area (Å²) in [6, 6.07) is 9.09.